The SMILES string of the molecule is COC(=O)C1=C(C)N=C2SCCCN2[C@@H]1c1cccc(NC(=O)c2cccc3ccccc23)c1. The molecule has 0 radical (unpaired) electrons. The summed E-state index contributed by atoms with van der Waals surface area (Å²) in [4.78, 5) is 32.8. The Kier molecular flexibility index (Phi) is 6.11. The minimum atomic E-state index is -0.383. The molecule has 6 nitrogen and oxygen atoms in total. The van der Waals surface area contributed by atoms with Crippen LogP contribution in [-0.4, -0.2) is 41.4 Å². The highest BCUT2D eigenvalue weighted by atomic mass is 32.2. The quantitative estimate of drug-likeness (QED) is 0.517. The zero-order chi connectivity index (χ0) is 23.7. The van der Waals surface area contributed by atoms with E-state index in [1.165, 1.54) is 7.11 Å². The number of esters is 1. The highest BCUT2D eigenvalue weighted by Gasteiger charge is 2.37. The second-order valence-corrected chi connectivity index (χ2v) is 9.35. The number of hydrogen-bond donors (Lipinski definition) is 1. The van der Waals surface area contributed by atoms with Gasteiger partial charge in [0.2, 0.25) is 0 Å². The van der Waals surface area contributed by atoms with Crippen molar-refractivity contribution >= 4 is 45.3 Å². The molecule has 3 aromatic rings. The van der Waals surface area contributed by atoms with Crippen LogP contribution in [0.15, 0.2) is 83.0 Å². The molecule has 1 N–H and O–H groups in total. The van der Waals surface area contributed by atoms with Gasteiger partial charge in [-0.2, -0.15) is 0 Å². The Hall–Kier alpha value is -3.58. The Morgan fingerprint density at radius 2 is 1.88 bits per heavy atom. The first-order valence-electron chi connectivity index (χ1n) is 11.2. The van der Waals surface area contributed by atoms with Crippen molar-refractivity contribution in [3.63, 3.8) is 0 Å². The lowest BCUT2D eigenvalue weighted by molar-refractivity contribution is -0.136. The van der Waals surface area contributed by atoms with Crippen LogP contribution in [0.25, 0.3) is 10.8 Å². The summed E-state index contributed by atoms with van der Waals surface area (Å²) in [5, 5.41) is 5.89. The Balaban J connectivity index is 1.50. The van der Waals surface area contributed by atoms with E-state index in [0.29, 0.717) is 22.5 Å². The summed E-state index contributed by atoms with van der Waals surface area (Å²) in [6, 6.07) is 20.9. The molecular weight excluding hydrogens is 446 g/mol. The van der Waals surface area contributed by atoms with Gasteiger partial charge in [0.15, 0.2) is 5.17 Å². The zero-order valence-corrected chi connectivity index (χ0v) is 19.9. The zero-order valence-electron chi connectivity index (χ0n) is 19.1. The Morgan fingerprint density at radius 1 is 1.09 bits per heavy atom. The summed E-state index contributed by atoms with van der Waals surface area (Å²) in [5.74, 6) is 0.448. The van der Waals surface area contributed by atoms with Crippen LogP contribution in [0.1, 0.15) is 35.3 Å². The van der Waals surface area contributed by atoms with Crippen molar-refractivity contribution in [3.8, 4) is 0 Å². The molecule has 7 heteroatoms. The van der Waals surface area contributed by atoms with Crippen LogP contribution in [0.4, 0.5) is 5.69 Å². The first kappa shape index (κ1) is 22.2. The number of carbonyl (C=O) groups excluding carboxylic acids is 2. The maximum Gasteiger partial charge on any atom is 0.338 e. The highest BCUT2D eigenvalue weighted by molar-refractivity contribution is 8.13. The van der Waals surface area contributed by atoms with Crippen molar-refractivity contribution in [1.82, 2.24) is 4.90 Å². The van der Waals surface area contributed by atoms with Gasteiger partial charge in [0.05, 0.1) is 24.4 Å². The Bertz CT molecular complexity index is 1340. The number of rotatable bonds is 4. The smallest absolute Gasteiger partial charge is 0.338 e. The number of benzene rings is 3. The van der Waals surface area contributed by atoms with Gasteiger partial charge >= 0.3 is 5.97 Å². The monoisotopic (exact) mass is 471 g/mol. The van der Waals surface area contributed by atoms with Crippen molar-refractivity contribution in [2.24, 2.45) is 4.99 Å². The molecule has 2 aliphatic rings. The number of hydrogen-bond acceptors (Lipinski definition) is 6. The third kappa shape index (κ3) is 4.07. The van der Waals surface area contributed by atoms with Crippen LogP contribution in [0, 0.1) is 0 Å². The molecule has 34 heavy (non-hydrogen) atoms. The van der Waals surface area contributed by atoms with E-state index < -0.39 is 0 Å². The van der Waals surface area contributed by atoms with Crippen LogP contribution < -0.4 is 5.32 Å². The molecule has 0 spiro atoms. The van der Waals surface area contributed by atoms with E-state index in [-0.39, 0.29) is 17.9 Å². The third-order valence-corrected chi connectivity index (χ3v) is 7.24. The molecule has 2 heterocycles. The molecule has 5 rings (SSSR count). The van der Waals surface area contributed by atoms with Gasteiger partial charge in [-0.15, -0.1) is 0 Å². The molecule has 172 valence electrons. The van der Waals surface area contributed by atoms with Crippen molar-refractivity contribution in [2.45, 2.75) is 19.4 Å². The maximum atomic E-state index is 13.2. The van der Waals surface area contributed by atoms with E-state index in [1.54, 1.807) is 11.8 Å². The fourth-order valence-electron chi connectivity index (χ4n) is 4.59. The van der Waals surface area contributed by atoms with Gasteiger partial charge in [0.25, 0.3) is 5.91 Å². The molecule has 3 aromatic carbocycles. The van der Waals surface area contributed by atoms with Crippen LogP contribution in [-0.2, 0) is 9.53 Å². The molecule has 0 aromatic heterocycles. The van der Waals surface area contributed by atoms with Crippen molar-refractivity contribution in [1.29, 1.82) is 0 Å². The number of methoxy groups -OCH3 is 1. The topological polar surface area (TPSA) is 71.0 Å². The van der Waals surface area contributed by atoms with Gasteiger partial charge in [-0.05, 0) is 47.9 Å². The Labute approximate surface area is 202 Å². The summed E-state index contributed by atoms with van der Waals surface area (Å²) < 4.78 is 5.12. The lowest BCUT2D eigenvalue weighted by Crippen LogP contribution is -2.42. The normalized spacial score (nSPS) is 17.8. The van der Waals surface area contributed by atoms with Crippen LogP contribution in [0.2, 0.25) is 0 Å². The first-order valence-corrected chi connectivity index (χ1v) is 12.2. The number of amidine groups is 1. The van der Waals surface area contributed by atoms with Crippen molar-refractivity contribution in [2.75, 3.05) is 24.7 Å². The van der Waals surface area contributed by atoms with Crippen LogP contribution in [0.5, 0.6) is 0 Å². The van der Waals surface area contributed by atoms with E-state index in [1.807, 2.05) is 73.7 Å². The lowest BCUT2D eigenvalue weighted by atomic mass is 9.94. The van der Waals surface area contributed by atoms with Crippen LogP contribution in [0.3, 0.4) is 0 Å². The molecule has 0 saturated carbocycles. The van der Waals surface area contributed by atoms with Crippen molar-refractivity contribution < 1.29 is 14.3 Å². The molecule has 1 fully saturated rings. The molecule has 1 atom stereocenters. The van der Waals surface area contributed by atoms with E-state index in [4.69, 9.17) is 4.74 Å². The minimum absolute atomic E-state index is 0.173. The van der Waals surface area contributed by atoms with Gasteiger partial charge in [0.1, 0.15) is 0 Å². The number of nitrogens with zero attached hydrogens (tertiary/aromatic N) is 2. The summed E-state index contributed by atoms with van der Waals surface area (Å²) >= 11 is 1.70. The second kappa shape index (κ2) is 9.35. The number of thioether (sulfide) groups is 1. The molecule has 1 amide bonds. The highest BCUT2D eigenvalue weighted by Crippen LogP contribution is 2.40. The predicted molar refractivity (Wildman–Crippen MR) is 137 cm³/mol. The van der Waals surface area contributed by atoms with Gasteiger partial charge < -0.3 is 15.0 Å². The summed E-state index contributed by atoms with van der Waals surface area (Å²) in [5.41, 5.74) is 3.40. The maximum absolute atomic E-state index is 13.2. The largest absolute Gasteiger partial charge is 0.466 e. The molecule has 2 aliphatic heterocycles. The third-order valence-electron chi connectivity index (χ3n) is 6.16. The number of ether oxygens (including phenoxy) is 1. The standard InChI is InChI=1S/C27H25N3O3S/c1-17-23(26(32)33-2)24(30-14-7-15-34-27(30)28-17)19-10-5-11-20(16-19)29-25(31)22-13-6-9-18-8-3-4-12-21(18)22/h3-6,8-13,16,24H,7,14-15H2,1-2H3,(H,29,31)/t24-/m1/s1. The minimum Gasteiger partial charge on any atom is -0.466 e. The fourth-order valence-corrected chi connectivity index (χ4v) is 5.61. The fraction of sp³-hybridized carbons (Fsp3) is 0.222. The number of carbonyl (C=O) groups is 2. The summed E-state index contributed by atoms with van der Waals surface area (Å²) in [6.07, 6.45) is 1.01. The van der Waals surface area contributed by atoms with E-state index in [2.05, 4.69) is 15.2 Å². The molecule has 0 aliphatic carbocycles. The lowest BCUT2D eigenvalue weighted by Gasteiger charge is -2.40. The van der Waals surface area contributed by atoms with E-state index in [0.717, 1.165) is 40.2 Å². The number of amides is 1. The predicted octanol–water partition coefficient (Wildman–Crippen LogP) is 5.39. The number of aliphatic imine (C=N–C) groups is 1. The molecular formula is C27H25N3O3S. The number of fused-ring (bicyclic) bond motifs is 2. The van der Waals surface area contributed by atoms with Gasteiger partial charge in [-0.1, -0.05) is 60.3 Å². The van der Waals surface area contributed by atoms with Gasteiger partial charge in [0, 0.05) is 23.5 Å². The number of allylic oxidation sites excluding steroid dienone is 1. The average molecular weight is 472 g/mol. The number of nitrogens with one attached hydrogen (secondary N) is 1. The molecule has 0 bridgehead atoms. The van der Waals surface area contributed by atoms with E-state index in [9.17, 15) is 9.59 Å². The summed E-state index contributed by atoms with van der Waals surface area (Å²) in [7, 11) is 1.39. The molecule has 0 unspecified atom stereocenters. The van der Waals surface area contributed by atoms with Gasteiger partial charge in [-0.25, -0.2) is 9.79 Å². The van der Waals surface area contributed by atoms with Crippen molar-refractivity contribution in [3.05, 3.63) is 89.1 Å². The molecule has 1 saturated heterocycles. The first-order chi connectivity index (χ1) is 16.6. The average Bonchev–Trinajstić information content (AvgIpc) is 2.87. The van der Waals surface area contributed by atoms with Crippen LogP contribution >= 0.6 is 11.8 Å². The Morgan fingerprint density at radius 3 is 2.74 bits per heavy atom. The number of anilines is 1. The summed E-state index contributed by atoms with van der Waals surface area (Å²) in [6.45, 7) is 2.65. The van der Waals surface area contributed by atoms with E-state index >= 15 is 0 Å². The van der Waals surface area contributed by atoms with Gasteiger partial charge in [-0.3, -0.25) is 4.79 Å². The second-order valence-electron chi connectivity index (χ2n) is 8.29.